The van der Waals surface area contributed by atoms with Crippen LogP contribution in [0.25, 0.3) is 0 Å². The molecular formula is C17H31NO4. The van der Waals surface area contributed by atoms with E-state index < -0.39 is 12.0 Å². The third-order valence-corrected chi connectivity index (χ3v) is 4.73. The maximum absolute atomic E-state index is 11.1. The zero-order valence-corrected chi connectivity index (χ0v) is 13.9. The number of aliphatic carboxylic acids is 1. The van der Waals surface area contributed by atoms with Crippen molar-refractivity contribution in [2.24, 2.45) is 23.5 Å². The summed E-state index contributed by atoms with van der Waals surface area (Å²) in [6.07, 6.45) is 9.24. The molecule has 0 aromatic carbocycles. The Morgan fingerprint density at radius 1 is 1.14 bits per heavy atom. The second kappa shape index (κ2) is 9.82. The van der Waals surface area contributed by atoms with Gasteiger partial charge in [-0.05, 0) is 31.6 Å². The van der Waals surface area contributed by atoms with Crippen LogP contribution in [0.2, 0.25) is 0 Å². The Kier molecular flexibility index (Phi) is 8.46. The number of carboxylic acid groups (broad SMARTS) is 1. The lowest BCUT2D eigenvalue weighted by Gasteiger charge is -2.27. The van der Waals surface area contributed by atoms with Crippen molar-refractivity contribution in [2.75, 3.05) is 6.61 Å². The van der Waals surface area contributed by atoms with Crippen LogP contribution in [0.4, 0.5) is 0 Å². The van der Waals surface area contributed by atoms with E-state index in [9.17, 15) is 9.59 Å². The van der Waals surface area contributed by atoms with E-state index in [-0.39, 0.29) is 11.9 Å². The van der Waals surface area contributed by atoms with Gasteiger partial charge in [0.1, 0.15) is 6.04 Å². The molecule has 3 N–H and O–H groups in total. The van der Waals surface area contributed by atoms with Crippen LogP contribution < -0.4 is 5.73 Å². The Hall–Kier alpha value is -1.10. The molecule has 0 amide bonds. The van der Waals surface area contributed by atoms with Gasteiger partial charge in [0.15, 0.2) is 0 Å². The molecule has 0 aromatic heterocycles. The van der Waals surface area contributed by atoms with Crippen molar-refractivity contribution in [3.63, 3.8) is 0 Å². The molecule has 2 aliphatic rings. The van der Waals surface area contributed by atoms with Gasteiger partial charge in [-0.15, -0.1) is 0 Å². The highest BCUT2D eigenvalue weighted by Gasteiger charge is 2.24. The number of esters is 1. The largest absolute Gasteiger partial charge is 0.481 e. The topological polar surface area (TPSA) is 89.6 Å². The fourth-order valence-corrected chi connectivity index (χ4v) is 2.76. The predicted octanol–water partition coefficient (Wildman–Crippen LogP) is 2.96. The van der Waals surface area contributed by atoms with E-state index in [1.807, 2.05) is 0 Å². The Morgan fingerprint density at radius 3 is 2.00 bits per heavy atom. The molecule has 5 heteroatoms. The lowest BCUT2D eigenvalue weighted by Crippen LogP contribution is -2.35. The molecule has 0 aromatic rings. The number of carbonyl (C=O) groups is 2. The number of ether oxygens (including phenoxy) is 1. The summed E-state index contributed by atoms with van der Waals surface area (Å²) in [5, 5.41) is 8.55. The van der Waals surface area contributed by atoms with Crippen molar-refractivity contribution in [1.82, 2.24) is 0 Å². The van der Waals surface area contributed by atoms with Gasteiger partial charge in [0.05, 0.1) is 12.5 Å². The monoisotopic (exact) mass is 313 g/mol. The Bertz CT molecular complexity index is 351. The van der Waals surface area contributed by atoms with Crippen molar-refractivity contribution in [3.8, 4) is 0 Å². The van der Waals surface area contributed by atoms with Crippen LogP contribution >= 0.6 is 0 Å². The van der Waals surface area contributed by atoms with Crippen LogP contribution in [0.5, 0.6) is 0 Å². The molecule has 2 atom stereocenters. The first-order valence-corrected chi connectivity index (χ1v) is 8.59. The van der Waals surface area contributed by atoms with Gasteiger partial charge >= 0.3 is 11.9 Å². The van der Waals surface area contributed by atoms with E-state index in [1.54, 1.807) is 13.8 Å². The van der Waals surface area contributed by atoms with Crippen LogP contribution in [0.3, 0.4) is 0 Å². The summed E-state index contributed by atoms with van der Waals surface area (Å²) in [5.74, 6) is 0.358. The molecule has 2 fully saturated rings. The van der Waals surface area contributed by atoms with Gasteiger partial charge < -0.3 is 15.6 Å². The normalized spacial score (nSPS) is 20.7. The molecule has 0 heterocycles. The molecule has 0 bridgehead atoms. The minimum Gasteiger partial charge on any atom is -0.481 e. The Balaban J connectivity index is 0.000000224. The summed E-state index contributed by atoms with van der Waals surface area (Å²) in [6, 6.07) is -0.393. The average molecular weight is 313 g/mol. The molecule has 0 aliphatic heterocycles. The third kappa shape index (κ3) is 6.77. The molecule has 2 unspecified atom stereocenters. The molecule has 22 heavy (non-hydrogen) atoms. The zero-order chi connectivity index (χ0) is 16.5. The van der Waals surface area contributed by atoms with Gasteiger partial charge in [-0.1, -0.05) is 45.4 Å². The second-order valence-corrected chi connectivity index (χ2v) is 6.66. The number of carbonyl (C=O) groups excluding carboxylic acids is 1. The van der Waals surface area contributed by atoms with Crippen LogP contribution in [-0.2, 0) is 14.3 Å². The van der Waals surface area contributed by atoms with Gasteiger partial charge in [0.25, 0.3) is 0 Å². The zero-order valence-electron chi connectivity index (χ0n) is 13.9. The van der Waals surface area contributed by atoms with Crippen molar-refractivity contribution in [2.45, 2.75) is 71.3 Å². The van der Waals surface area contributed by atoms with Crippen LogP contribution in [-0.4, -0.2) is 29.7 Å². The summed E-state index contributed by atoms with van der Waals surface area (Å²) in [6.45, 7) is 4.02. The fraction of sp³-hybridized carbons (Fsp3) is 0.882. The first kappa shape index (κ1) is 18.9. The maximum Gasteiger partial charge on any atom is 0.322 e. The molecule has 0 saturated heterocycles. The van der Waals surface area contributed by atoms with Gasteiger partial charge in [-0.2, -0.15) is 0 Å². The molecule has 2 rings (SSSR count). The smallest absolute Gasteiger partial charge is 0.322 e. The van der Waals surface area contributed by atoms with E-state index >= 15 is 0 Å². The molecule has 0 spiro atoms. The standard InChI is InChI=1S/C9H17NO2.C8H14O2/c1-2-12-9(11)8(10)6-7-4-3-5-7;1-6(8(9)10)5-7-3-2-4-7/h7-8H,2-6,10H2,1H3;6-7H,2-5H2,1H3,(H,9,10). The van der Waals surface area contributed by atoms with Crippen molar-refractivity contribution in [3.05, 3.63) is 0 Å². The Morgan fingerprint density at radius 2 is 1.64 bits per heavy atom. The van der Waals surface area contributed by atoms with E-state index in [0.717, 1.165) is 12.8 Å². The SMILES string of the molecule is CC(CC1CCC1)C(=O)O.CCOC(=O)C(N)CC1CCC1. The van der Waals surface area contributed by atoms with Crippen molar-refractivity contribution < 1.29 is 19.4 Å². The van der Waals surface area contributed by atoms with Crippen molar-refractivity contribution >= 4 is 11.9 Å². The molecule has 2 saturated carbocycles. The fourth-order valence-electron chi connectivity index (χ4n) is 2.76. The maximum atomic E-state index is 11.1. The highest BCUT2D eigenvalue weighted by molar-refractivity contribution is 5.75. The summed E-state index contributed by atoms with van der Waals surface area (Å²) < 4.78 is 4.81. The van der Waals surface area contributed by atoms with E-state index in [0.29, 0.717) is 18.4 Å². The first-order valence-electron chi connectivity index (χ1n) is 8.59. The summed E-state index contributed by atoms with van der Waals surface area (Å²) >= 11 is 0. The number of hydrogen-bond donors (Lipinski definition) is 2. The van der Waals surface area contributed by atoms with Crippen molar-refractivity contribution in [1.29, 1.82) is 0 Å². The van der Waals surface area contributed by atoms with Crippen LogP contribution in [0.1, 0.15) is 65.2 Å². The van der Waals surface area contributed by atoms with Gasteiger partial charge in [-0.25, -0.2) is 0 Å². The summed E-state index contributed by atoms with van der Waals surface area (Å²) in [7, 11) is 0. The number of hydrogen-bond acceptors (Lipinski definition) is 4. The summed E-state index contributed by atoms with van der Waals surface area (Å²) in [5.41, 5.74) is 5.64. The highest BCUT2D eigenvalue weighted by atomic mass is 16.5. The van der Waals surface area contributed by atoms with E-state index in [4.69, 9.17) is 15.6 Å². The Labute approximate surface area is 133 Å². The number of carboxylic acids is 1. The number of nitrogens with two attached hydrogens (primary N) is 1. The summed E-state index contributed by atoms with van der Waals surface area (Å²) in [4.78, 5) is 21.4. The van der Waals surface area contributed by atoms with Gasteiger partial charge in [0.2, 0.25) is 0 Å². The third-order valence-electron chi connectivity index (χ3n) is 4.73. The van der Waals surface area contributed by atoms with Gasteiger partial charge in [0, 0.05) is 0 Å². The lowest BCUT2D eigenvalue weighted by molar-refractivity contribution is -0.145. The average Bonchev–Trinajstić information content (AvgIpc) is 2.38. The van der Waals surface area contributed by atoms with Crippen LogP contribution in [0, 0.1) is 17.8 Å². The van der Waals surface area contributed by atoms with E-state index in [2.05, 4.69) is 0 Å². The van der Waals surface area contributed by atoms with Gasteiger partial charge in [-0.3, -0.25) is 9.59 Å². The minimum atomic E-state index is -0.646. The predicted molar refractivity (Wildman–Crippen MR) is 85.3 cm³/mol. The quantitative estimate of drug-likeness (QED) is 0.705. The first-order chi connectivity index (χ1) is 10.4. The van der Waals surface area contributed by atoms with E-state index in [1.165, 1.54) is 38.5 Å². The molecule has 0 radical (unpaired) electrons. The molecule has 5 nitrogen and oxygen atoms in total. The molecule has 2 aliphatic carbocycles. The van der Waals surface area contributed by atoms with Crippen LogP contribution in [0.15, 0.2) is 0 Å². The highest BCUT2D eigenvalue weighted by Crippen LogP contribution is 2.32. The molecule has 128 valence electrons. The lowest BCUT2D eigenvalue weighted by atomic mass is 9.79. The molecular weight excluding hydrogens is 282 g/mol. The second-order valence-electron chi connectivity index (χ2n) is 6.66. The number of rotatable bonds is 7. The minimum absolute atomic E-state index is 0.134.